The number of rotatable bonds is 10. The van der Waals surface area contributed by atoms with Crippen molar-refractivity contribution in [3.8, 4) is 0 Å². The van der Waals surface area contributed by atoms with Gasteiger partial charge in [0, 0.05) is 0 Å². The van der Waals surface area contributed by atoms with E-state index in [4.69, 9.17) is 4.74 Å². The number of unbranched alkanes of at least 4 members (excludes halogenated alkanes) is 2. The predicted molar refractivity (Wildman–Crippen MR) is 85.6 cm³/mol. The summed E-state index contributed by atoms with van der Waals surface area (Å²) >= 11 is 0. The van der Waals surface area contributed by atoms with Gasteiger partial charge in [0.25, 0.3) is 0 Å². The van der Waals surface area contributed by atoms with Gasteiger partial charge in [-0.1, -0.05) is 50.1 Å². The summed E-state index contributed by atoms with van der Waals surface area (Å²) in [5.41, 5.74) is -0.101. The molecule has 1 aromatic rings. The molecule has 0 spiro atoms. The predicted octanol–water partition coefficient (Wildman–Crippen LogP) is 3.83. The van der Waals surface area contributed by atoms with Crippen molar-refractivity contribution in [2.45, 2.75) is 52.4 Å². The van der Waals surface area contributed by atoms with Crippen LogP contribution in [0.2, 0.25) is 0 Å². The molecule has 22 heavy (non-hydrogen) atoms. The van der Waals surface area contributed by atoms with E-state index < -0.39 is 17.4 Å². The van der Waals surface area contributed by atoms with E-state index in [1.54, 1.807) is 13.8 Å². The maximum atomic E-state index is 12.0. The molecule has 0 aliphatic heterocycles. The Morgan fingerprint density at radius 1 is 1.09 bits per heavy atom. The minimum Gasteiger partial charge on any atom is -0.480 e. The lowest BCUT2D eigenvalue weighted by atomic mass is 9.80. The fourth-order valence-electron chi connectivity index (χ4n) is 2.62. The molecule has 0 aromatic heterocycles. The third-order valence-corrected chi connectivity index (χ3v) is 4.09. The molecular weight excluding hydrogens is 280 g/mol. The van der Waals surface area contributed by atoms with Crippen LogP contribution in [0.1, 0.15) is 51.5 Å². The molecule has 1 rings (SSSR count). The Morgan fingerprint density at radius 3 is 2.32 bits per heavy atom. The zero-order chi connectivity index (χ0) is 16.4. The Labute approximate surface area is 132 Å². The van der Waals surface area contributed by atoms with Gasteiger partial charge in [0.1, 0.15) is 0 Å². The molecule has 0 aliphatic carbocycles. The second-order valence-corrected chi connectivity index (χ2v) is 5.51. The molecule has 0 fully saturated rings. The van der Waals surface area contributed by atoms with Crippen molar-refractivity contribution in [1.29, 1.82) is 0 Å². The number of ether oxygens (including phenoxy) is 1. The zero-order valence-corrected chi connectivity index (χ0v) is 13.5. The molecule has 0 radical (unpaired) electrons. The molecule has 0 aliphatic rings. The van der Waals surface area contributed by atoms with Crippen molar-refractivity contribution in [3.05, 3.63) is 35.9 Å². The van der Waals surface area contributed by atoms with Crippen LogP contribution in [0, 0.1) is 5.41 Å². The topological polar surface area (TPSA) is 63.6 Å². The lowest BCUT2D eigenvalue weighted by molar-refractivity contribution is -0.169. The van der Waals surface area contributed by atoms with E-state index in [1.165, 1.54) is 5.56 Å². The number of carbonyl (C=O) groups is 2. The van der Waals surface area contributed by atoms with Crippen LogP contribution in [-0.4, -0.2) is 23.7 Å². The summed E-state index contributed by atoms with van der Waals surface area (Å²) in [6, 6.07) is 10.2. The minimum absolute atomic E-state index is 0.210. The van der Waals surface area contributed by atoms with E-state index in [-0.39, 0.29) is 13.0 Å². The largest absolute Gasteiger partial charge is 0.480 e. The average molecular weight is 306 g/mol. The number of hydrogen-bond donors (Lipinski definition) is 1. The van der Waals surface area contributed by atoms with Crippen molar-refractivity contribution in [3.63, 3.8) is 0 Å². The molecule has 4 nitrogen and oxygen atoms in total. The fourth-order valence-corrected chi connectivity index (χ4v) is 2.62. The first-order chi connectivity index (χ1) is 10.6. The molecule has 0 bridgehead atoms. The fraction of sp³-hybridized carbons (Fsp3) is 0.556. The first-order valence-corrected chi connectivity index (χ1v) is 8.01. The maximum Gasteiger partial charge on any atom is 0.323 e. The molecular formula is C18H26O4. The second kappa shape index (κ2) is 9.23. The second-order valence-electron chi connectivity index (χ2n) is 5.51. The molecule has 0 saturated heterocycles. The van der Waals surface area contributed by atoms with Gasteiger partial charge in [-0.3, -0.25) is 9.59 Å². The van der Waals surface area contributed by atoms with Crippen LogP contribution in [0.25, 0.3) is 0 Å². The number of hydrogen-bond acceptors (Lipinski definition) is 3. The SMILES string of the molecule is CCOC(=O)C(CC)(CCCCCc1ccccc1)C(=O)O. The van der Waals surface area contributed by atoms with Gasteiger partial charge in [0.2, 0.25) is 0 Å². The number of aliphatic carboxylic acids is 1. The Bertz CT molecular complexity index is 469. The van der Waals surface area contributed by atoms with E-state index in [1.807, 2.05) is 18.2 Å². The summed E-state index contributed by atoms with van der Waals surface area (Å²) in [6.45, 7) is 3.64. The molecule has 1 N–H and O–H groups in total. The average Bonchev–Trinajstić information content (AvgIpc) is 2.52. The van der Waals surface area contributed by atoms with Gasteiger partial charge in [-0.2, -0.15) is 0 Å². The Morgan fingerprint density at radius 2 is 1.77 bits per heavy atom. The maximum absolute atomic E-state index is 12.0. The van der Waals surface area contributed by atoms with E-state index in [2.05, 4.69) is 12.1 Å². The van der Waals surface area contributed by atoms with Gasteiger partial charge in [-0.05, 0) is 38.2 Å². The monoisotopic (exact) mass is 306 g/mol. The molecule has 1 unspecified atom stereocenters. The highest BCUT2D eigenvalue weighted by atomic mass is 16.5. The zero-order valence-electron chi connectivity index (χ0n) is 13.5. The quantitative estimate of drug-likeness (QED) is 0.405. The van der Waals surface area contributed by atoms with Gasteiger partial charge in [-0.25, -0.2) is 0 Å². The van der Waals surface area contributed by atoms with Crippen molar-refractivity contribution < 1.29 is 19.4 Å². The van der Waals surface area contributed by atoms with E-state index in [9.17, 15) is 14.7 Å². The summed E-state index contributed by atoms with van der Waals surface area (Å²) < 4.78 is 4.97. The lowest BCUT2D eigenvalue weighted by Crippen LogP contribution is -2.40. The Kier molecular flexibility index (Phi) is 7.64. The van der Waals surface area contributed by atoms with Crippen LogP contribution >= 0.6 is 0 Å². The van der Waals surface area contributed by atoms with Gasteiger partial charge < -0.3 is 9.84 Å². The molecule has 122 valence electrons. The van der Waals surface area contributed by atoms with Crippen LogP contribution < -0.4 is 0 Å². The van der Waals surface area contributed by atoms with E-state index >= 15 is 0 Å². The Balaban J connectivity index is 2.47. The summed E-state index contributed by atoms with van der Waals surface area (Å²) in [5.74, 6) is -1.68. The van der Waals surface area contributed by atoms with E-state index in [0.29, 0.717) is 12.8 Å². The number of benzene rings is 1. The first-order valence-electron chi connectivity index (χ1n) is 8.01. The van der Waals surface area contributed by atoms with Crippen molar-refractivity contribution in [2.24, 2.45) is 5.41 Å². The summed E-state index contributed by atoms with van der Waals surface area (Å²) in [4.78, 5) is 23.6. The normalized spacial score (nSPS) is 13.4. The van der Waals surface area contributed by atoms with Crippen LogP contribution in [0.3, 0.4) is 0 Å². The third-order valence-electron chi connectivity index (χ3n) is 4.09. The number of esters is 1. The molecule has 0 amide bonds. The minimum atomic E-state index is -1.39. The summed E-state index contributed by atoms with van der Waals surface area (Å²) in [6.07, 6.45) is 4.19. The molecule has 1 aromatic carbocycles. The molecule has 0 heterocycles. The summed E-state index contributed by atoms with van der Waals surface area (Å²) in [5, 5.41) is 9.45. The number of carbonyl (C=O) groups excluding carboxylic acids is 1. The number of carboxylic acids is 1. The summed E-state index contributed by atoms with van der Waals surface area (Å²) in [7, 11) is 0. The molecule has 4 heteroatoms. The van der Waals surface area contributed by atoms with Gasteiger partial charge in [-0.15, -0.1) is 0 Å². The third kappa shape index (κ3) is 4.86. The van der Waals surface area contributed by atoms with Gasteiger partial charge in [0.15, 0.2) is 5.41 Å². The van der Waals surface area contributed by atoms with Gasteiger partial charge >= 0.3 is 11.9 Å². The highest BCUT2D eigenvalue weighted by molar-refractivity contribution is 5.99. The van der Waals surface area contributed by atoms with Gasteiger partial charge in [0.05, 0.1) is 6.61 Å². The number of aryl methyl sites for hydroxylation is 1. The Hall–Kier alpha value is -1.84. The number of carboxylic acid groups (broad SMARTS) is 1. The van der Waals surface area contributed by atoms with Crippen LogP contribution in [-0.2, 0) is 20.7 Å². The van der Waals surface area contributed by atoms with Crippen LogP contribution in [0.15, 0.2) is 30.3 Å². The molecule has 0 saturated carbocycles. The smallest absolute Gasteiger partial charge is 0.323 e. The van der Waals surface area contributed by atoms with Crippen molar-refractivity contribution in [1.82, 2.24) is 0 Å². The van der Waals surface area contributed by atoms with Crippen molar-refractivity contribution >= 4 is 11.9 Å². The van der Waals surface area contributed by atoms with Crippen molar-refractivity contribution in [2.75, 3.05) is 6.61 Å². The van der Waals surface area contributed by atoms with Crippen LogP contribution in [0.4, 0.5) is 0 Å². The standard InChI is InChI=1S/C18H26O4/c1-3-18(16(19)20,17(21)22-4-2)14-10-6-9-13-15-11-7-5-8-12-15/h5,7-8,11-12H,3-4,6,9-10,13-14H2,1-2H3,(H,19,20). The molecule has 1 atom stereocenters. The first kappa shape index (κ1) is 18.2. The lowest BCUT2D eigenvalue weighted by Gasteiger charge is -2.25. The highest BCUT2D eigenvalue weighted by Crippen LogP contribution is 2.31. The van der Waals surface area contributed by atoms with Crippen LogP contribution in [0.5, 0.6) is 0 Å². The highest BCUT2D eigenvalue weighted by Gasteiger charge is 2.45. The van der Waals surface area contributed by atoms with E-state index in [0.717, 1.165) is 19.3 Å².